The minimum Gasteiger partial charge on any atom is -0.383 e. The molecule has 20 heavy (non-hydrogen) atoms. The Kier molecular flexibility index (Phi) is 3.23. The van der Waals surface area contributed by atoms with Crippen LogP contribution in [0.15, 0.2) is 29.6 Å². The van der Waals surface area contributed by atoms with Gasteiger partial charge in [-0.25, -0.2) is 4.98 Å². The van der Waals surface area contributed by atoms with Crippen molar-refractivity contribution in [2.45, 2.75) is 6.92 Å². The Labute approximate surface area is 125 Å². The number of hydrogen-bond acceptors (Lipinski definition) is 4. The van der Waals surface area contributed by atoms with Gasteiger partial charge in [-0.2, -0.15) is 5.10 Å². The number of anilines is 1. The summed E-state index contributed by atoms with van der Waals surface area (Å²) in [5.41, 5.74) is 9.62. The molecule has 3 aromatic rings. The Morgan fingerprint density at radius 2 is 2.15 bits per heavy atom. The number of nitrogens with two attached hydrogens (primary N) is 1. The summed E-state index contributed by atoms with van der Waals surface area (Å²) >= 11 is 7.67. The van der Waals surface area contributed by atoms with Crippen molar-refractivity contribution >= 4 is 28.8 Å². The molecule has 0 spiro atoms. The van der Waals surface area contributed by atoms with Crippen LogP contribution >= 0.6 is 22.9 Å². The van der Waals surface area contributed by atoms with Gasteiger partial charge in [-0.15, -0.1) is 11.3 Å². The van der Waals surface area contributed by atoms with Gasteiger partial charge in [0.05, 0.1) is 10.6 Å². The third-order valence-electron chi connectivity index (χ3n) is 3.07. The summed E-state index contributed by atoms with van der Waals surface area (Å²) in [6.45, 7) is 1.97. The van der Waals surface area contributed by atoms with E-state index in [9.17, 15) is 0 Å². The third-order valence-corrected chi connectivity index (χ3v) is 4.08. The lowest BCUT2D eigenvalue weighted by atomic mass is 10.0. The number of thiazole rings is 1. The zero-order valence-electron chi connectivity index (χ0n) is 11.1. The highest BCUT2D eigenvalue weighted by atomic mass is 35.5. The number of nitrogen functional groups attached to an aromatic ring is 1. The highest BCUT2D eigenvalue weighted by Gasteiger charge is 2.19. The molecule has 0 fully saturated rings. The molecule has 102 valence electrons. The molecule has 0 amide bonds. The van der Waals surface area contributed by atoms with Crippen LogP contribution in [0.25, 0.3) is 22.5 Å². The van der Waals surface area contributed by atoms with E-state index in [4.69, 9.17) is 17.3 Å². The maximum Gasteiger partial charge on any atom is 0.129 e. The van der Waals surface area contributed by atoms with E-state index in [1.807, 2.05) is 43.6 Å². The van der Waals surface area contributed by atoms with E-state index in [1.54, 1.807) is 16.0 Å². The normalized spacial score (nSPS) is 10.9. The molecule has 2 aromatic heterocycles. The third kappa shape index (κ3) is 2.19. The molecule has 0 saturated heterocycles. The summed E-state index contributed by atoms with van der Waals surface area (Å²) < 4.78 is 1.67. The van der Waals surface area contributed by atoms with E-state index in [0.29, 0.717) is 10.8 Å². The van der Waals surface area contributed by atoms with Crippen molar-refractivity contribution in [3.8, 4) is 22.5 Å². The van der Waals surface area contributed by atoms with Gasteiger partial charge in [-0.05, 0) is 24.6 Å². The molecule has 1 aromatic carbocycles. The second-order valence-electron chi connectivity index (χ2n) is 4.49. The van der Waals surface area contributed by atoms with Crippen molar-refractivity contribution in [3.63, 3.8) is 0 Å². The van der Waals surface area contributed by atoms with Gasteiger partial charge in [0.1, 0.15) is 17.2 Å². The van der Waals surface area contributed by atoms with Crippen molar-refractivity contribution in [2.75, 3.05) is 5.73 Å². The first-order valence-electron chi connectivity index (χ1n) is 6.07. The number of benzene rings is 1. The van der Waals surface area contributed by atoms with Crippen LogP contribution in [0, 0.1) is 6.92 Å². The van der Waals surface area contributed by atoms with Crippen molar-refractivity contribution in [1.82, 2.24) is 14.8 Å². The van der Waals surface area contributed by atoms with Gasteiger partial charge < -0.3 is 5.73 Å². The van der Waals surface area contributed by atoms with Crippen LogP contribution in [0.3, 0.4) is 0 Å². The summed E-state index contributed by atoms with van der Waals surface area (Å²) in [4.78, 5) is 4.50. The minimum absolute atomic E-state index is 0.605. The summed E-state index contributed by atoms with van der Waals surface area (Å²) in [6.07, 6.45) is 0. The molecular formula is C14H13ClN4S. The fraction of sp³-hybridized carbons (Fsp3) is 0.143. The Balaban J connectivity index is 2.24. The summed E-state index contributed by atoms with van der Waals surface area (Å²) in [7, 11) is 1.83. The maximum atomic E-state index is 6.16. The molecular weight excluding hydrogens is 292 g/mol. The van der Waals surface area contributed by atoms with Crippen LogP contribution in [-0.2, 0) is 7.05 Å². The predicted octanol–water partition coefficient (Wildman–Crippen LogP) is 3.75. The van der Waals surface area contributed by atoms with Gasteiger partial charge >= 0.3 is 0 Å². The van der Waals surface area contributed by atoms with E-state index in [2.05, 4.69) is 10.1 Å². The molecule has 0 saturated carbocycles. The van der Waals surface area contributed by atoms with Gasteiger partial charge in [-0.1, -0.05) is 23.7 Å². The minimum atomic E-state index is 0.605. The molecule has 2 N–H and O–H groups in total. The molecule has 6 heteroatoms. The highest BCUT2D eigenvalue weighted by molar-refractivity contribution is 7.09. The summed E-state index contributed by atoms with van der Waals surface area (Å²) in [5, 5.41) is 8.16. The smallest absolute Gasteiger partial charge is 0.129 e. The SMILES string of the molecule is Cc1nc(-c2nn(C)c(N)c2-c2cccc(Cl)c2)cs1. The van der Waals surface area contributed by atoms with Gasteiger partial charge in [-0.3, -0.25) is 4.68 Å². The number of hydrogen-bond donors (Lipinski definition) is 1. The zero-order valence-corrected chi connectivity index (χ0v) is 12.7. The molecule has 2 heterocycles. The van der Waals surface area contributed by atoms with Crippen molar-refractivity contribution in [2.24, 2.45) is 7.05 Å². The van der Waals surface area contributed by atoms with E-state index >= 15 is 0 Å². The molecule has 0 aliphatic rings. The lowest BCUT2D eigenvalue weighted by molar-refractivity contribution is 0.781. The monoisotopic (exact) mass is 304 g/mol. The molecule has 3 rings (SSSR count). The Morgan fingerprint density at radius 3 is 2.80 bits per heavy atom. The van der Waals surface area contributed by atoms with Crippen LogP contribution in [0.5, 0.6) is 0 Å². The van der Waals surface area contributed by atoms with Gasteiger partial charge in [0.2, 0.25) is 0 Å². The lowest BCUT2D eigenvalue weighted by Crippen LogP contribution is -1.97. The van der Waals surface area contributed by atoms with E-state index in [0.717, 1.165) is 27.5 Å². The van der Waals surface area contributed by atoms with Gasteiger partial charge in [0.15, 0.2) is 0 Å². The largest absolute Gasteiger partial charge is 0.383 e. The number of halogens is 1. The number of aromatic nitrogens is 3. The van der Waals surface area contributed by atoms with Gasteiger partial charge in [0.25, 0.3) is 0 Å². The molecule has 0 aliphatic carbocycles. The fourth-order valence-electron chi connectivity index (χ4n) is 2.12. The van der Waals surface area contributed by atoms with E-state index in [-0.39, 0.29) is 0 Å². The zero-order chi connectivity index (χ0) is 14.3. The molecule has 0 radical (unpaired) electrons. The lowest BCUT2D eigenvalue weighted by Gasteiger charge is -2.03. The van der Waals surface area contributed by atoms with E-state index < -0.39 is 0 Å². The summed E-state index contributed by atoms with van der Waals surface area (Å²) in [5.74, 6) is 0.605. The van der Waals surface area contributed by atoms with Crippen LogP contribution < -0.4 is 5.73 Å². The molecule has 0 atom stereocenters. The predicted molar refractivity (Wildman–Crippen MR) is 83.9 cm³/mol. The van der Waals surface area contributed by atoms with E-state index in [1.165, 1.54) is 0 Å². The number of nitrogens with zero attached hydrogens (tertiary/aromatic N) is 3. The average molecular weight is 305 g/mol. The molecule has 0 bridgehead atoms. The molecule has 0 aliphatic heterocycles. The first kappa shape index (κ1) is 13.1. The average Bonchev–Trinajstić information content (AvgIpc) is 2.95. The second kappa shape index (κ2) is 4.92. The van der Waals surface area contributed by atoms with Crippen molar-refractivity contribution < 1.29 is 0 Å². The first-order chi connectivity index (χ1) is 9.56. The highest BCUT2D eigenvalue weighted by Crippen LogP contribution is 2.36. The Bertz CT molecular complexity index is 775. The van der Waals surface area contributed by atoms with Crippen LogP contribution in [0.1, 0.15) is 5.01 Å². The standard InChI is InChI=1S/C14H13ClN4S/c1-8-17-11(7-20-8)13-12(14(16)19(2)18-13)9-4-3-5-10(15)6-9/h3-7H,16H2,1-2H3. The number of aryl methyl sites for hydroxylation is 2. The van der Waals surface area contributed by atoms with Crippen molar-refractivity contribution in [3.05, 3.63) is 39.7 Å². The Morgan fingerprint density at radius 1 is 1.35 bits per heavy atom. The fourth-order valence-corrected chi connectivity index (χ4v) is 2.90. The maximum absolute atomic E-state index is 6.16. The quantitative estimate of drug-likeness (QED) is 0.784. The second-order valence-corrected chi connectivity index (χ2v) is 5.99. The topological polar surface area (TPSA) is 56.7 Å². The molecule has 4 nitrogen and oxygen atoms in total. The van der Waals surface area contributed by atoms with Crippen LogP contribution in [0.4, 0.5) is 5.82 Å². The van der Waals surface area contributed by atoms with Gasteiger partial charge in [0, 0.05) is 17.5 Å². The molecule has 0 unspecified atom stereocenters. The van der Waals surface area contributed by atoms with Crippen LogP contribution in [-0.4, -0.2) is 14.8 Å². The number of rotatable bonds is 2. The summed E-state index contributed by atoms with van der Waals surface area (Å²) in [6, 6.07) is 7.60. The van der Waals surface area contributed by atoms with Crippen LogP contribution in [0.2, 0.25) is 5.02 Å². The Hall–Kier alpha value is -1.85. The first-order valence-corrected chi connectivity index (χ1v) is 7.33. The van der Waals surface area contributed by atoms with Crippen molar-refractivity contribution in [1.29, 1.82) is 0 Å².